The largest absolute Gasteiger partial charge is 0.494 e. The molecule has 0 bridgehead atoms. The molecule has 202 valence electrons. The molecule has 5 rings (SSSR count). The number of morpholine rings is 1. The first-order valence-electron chi connectivity index (χ1n) is 12.6. The summed E-state index contributed by atoms with van der Waals surface area (Å²) in [5.41, 5.74) is 3.11. The lowest BCUT2D eigenvalue weighted by Crippen LogP contribution is -2.36. The van der Waals surface area contributed by atoms with Gasteiger partial charge in [0, 0.05) is 43.0 Å². The molecule has 0 unspecified atom stereocenters. The number of rotatable bonds is 9. The summed E-state index contributed by atoms with van der Waals surface area (Å²) in [6.45, 7) is 7.35. The smallest absolute Gasteiger partial charge is 0.242 e. The van der Waals surface area contributed by atoms with E-state index in [1.807, 2.05) is 18.2 Å². The predicted molar refractivity (Wildman–Crippen MR) is 149 cm³/mol. The minimum Gasteiger partial charge on any atom is -0.494 e. The van der Waals surface area contributed by atoms with E-state index in [9.17, 15) is 8.42 Å². The van der Waals surface area contributed by atoms with Gasteiger partial charge < -0.3 is 30.3 Å². The van der Waals surface area contributed by atoms with Crippen molar-refractivity contribution in [3.63, 3.8) is 0 Å². The molecule has 11 nitrogen and oxygen atoms in total. The Bertz CT molecular complexity index is 1410. The van der Waals surface area contributed by atoms with Gasteiger partial charge in [-0.3, -0.25) is 0 Å². The number of benzene rings is 2. The van der Waals surface area contributed by atoms with Gasteiger partial charge in [0.15, 0.2) is 0 Å². The second-order valence-electron chi connectivity index (χ2n) is 9.41. The average molecular weight is 540 g/mol. The lowest BCUT2D eigenvalue weighted by Gasteiger charge is -2.29. The molecule has 2 aliphatic rings. The summed E-state index contributed by atoms with van der Waals surface area (Å²) in [7, 11) is -2.09. The molecule has 0 radical (unpaired) electrons. The maximum Gasteiger partial charge on any atom is 0.242 e. The fourth-order valence-corrected chi connectivity index (χ4v) is 5.97. The highest BCUT2D eigenvalue weighted by Gasteiger charge is 2.24. The van der Waals surface area contributed by atoms with Gasteiger partial charge in [-0.1, -0.05) is 12.1 Å². The highest BCUT2D eigenvalue weighted by Crippen LogP contribution is 2.35. The van der Waals surface area contributed by atoms with Crippen LogP contribution in [0.15, 0.2) is 47.4 Å². The number of methoxy groups -OCH3 is 1. The Morgan fingerprint density at radius 2 is 1.84 bits per heavy atom. The van der Waals surface area contributed by atoms with E-state index in [0.29, 0.717) is 55.2 Å². The van der Waals surface area contributed by atoms with Gasteiger partial charge in [-0.15, -0.1) is 0 Å². The standard InChI is InChI=1S/C26H33N7O4S/c1-17(2)32-38(34,35)23-7-5-4-6-21(23)28-25-19-10-11-27-24(19)30-26(31-25)29-20-9-8-18(16-22(20)36-3)33-12-14-37-15-13-33/h4-9,16-17,32H,10-15H2,1-3H3,(H3,27,28,29,30,31). The fraction of sp³-hybridized carbons (Fsp3) is 0.385. The average Bonchev–Trinajstić information content (AvgIpc) is 3.38. The highest BCUT2D eigenvalue weighted by atomic mass is 32.2. The van der Waals surface area contributed by atoms with Gasteiger partial charge in [-0.2, -0.15) is 9.97 Å². The molecule has 12 heteroatoms. The molecule has 0 atom stereocenters. The van der Waals surface area contributed by atoms with Crippen LogP contribution in [0, 0.1) is 0 Å². The summed E-state index contributed by atoms with van der Waals surface area (Å²) in [5, 5.41) is 9.83. The Balaban J connectivity index is 1.45. The molecule has 0 spiro atoms. The third-order valence-electron chi connectivity index (χ3n) is 6.30. The first-order chi connectivity index (χ1) is 18.3. The molecule has 3 heterocycles. The van der Waals surface area contributed by atoms with Crippen LogP contribution in [-0.4, -0.2) is 64.4 Å². The van der Waals surface area contributed by atoms with Gasteiger partial charge in [0.1, 0.15) is 22.3 Å². The molecular weight excluding hydrogens is 506 g/mol. The highest BCUT2D eigenvalue weighted by molar-refractivity contribution is 7.89. The van der Waals surface area contributed by atoms with E-state index >= 15 is 0 Å². The van der Waals surface area contributed by atoms with E-state index in [1.165, 1.54) is 0 Å². The van der Waals surface area contributed by atoms with Crippen LogP contribution in [0.25, 0.3) is 0 Å². The van der Waals surface area contributed by atoms with E-state index in [4.69, 9.17) is 14.5 Å². The van der Waals surface area contributed by atoms with E-state index in [0.717, 1.165) is 30.0 Å². The number of ether oxygens (including phenoxy) is 2. The Kier molecular flexibility index (Phi) is 7.54. The zero-order valence-electron chi connectivity index (χ0n) is 21.7. The third-order valence-corrected chi connectivity index (χ3v) is 8.02. The molecule has 4 N–H and O–H groups in total. The maximum absolute atomic E-state index is 13.0. The van der Waals surface area contributed by atoms with Crippen molar-refractivity contribution >= 4 is 44.7 Å². The van der Waals surface area contributed by atoms with E-state index < -0.39 is 10.0 Å². The van der Waals surface area contributed by atoms with Crippen LogP contribution >= 0.6 is 0 Å². The van der Waals surface area contributed by atoms with Crippen molar-refractivity contribution in [1.29, 1.82) is 0 Å². The number of aromatic nitrogens is 2. The normalized spacial score (nSPS) is 15.2. The van der Waals surface area contributed by atoms with Crippen molar-refractivity contribution in [1.82, 2.24) is 14.7 Å². The number of hydrogen-bond acceptors (Lipinski definition) is 10. The lowest BCUT2D eigenvalue weighted by atomic mass is 10.2. The van der Waals surface area contributed by atoms with Gasteiger partial charge in [0.05, 0.1) is 31.7 Å². The van der Waals surface area contributed by atoms with Gasteiger partial charge >= 0.3 is 0 Å². The number of para-hydroxylation sites is 1. The number of fused-ring (bicyclic) bond motifs is 1. The molecule has 2 aliphatic heterocycles. The van der Waals surface area contributed by atoms with Crippen LogP contribution < -0.4 is 30.3 Å². The maximum atomic E-state index is 13.0. The summed E-state index contributed by atoms with van der Waals surface area (Å²) in [6, 6.07) is 12.5. The van der Waals surface area contributed by atoms with Gasteiger partial charge in [0.25, 0.3) is 0 Å². The Hall–Kier alpha value is -3.61. The molecular formula is C26H33N7O4S. The monoisotopic (exact) mass is 539 g/mol. The third kappa shape index (κ3) is 5.62. The summed E-state index contributed by atoms with van der Waals surface area (Å²) in [6.07, 6.45) is 0.717. The first-order valence-corrected chi connectivity index (χ1v) is 14.1. The molecule has 0 amide bonds. The molecule has 2 aromatic carbocycles. The second-order valence-corrected chi connectivity index (χ2v) is 11.1. The molecule has 1 saturated heterocycles. The number of nitrogens with one attached hydrogen (secondary N) is 4. The first kappa shape index (κ1) is 26.0. The van der Waals surface area contributed by atoms with Crippen LogP contribution in [0.2, 0.25) is 0 Å². The number of nitrogens with zero attached hydrogens (tertiary/aromatic N) is 3. The van der Waals surface area contributed by atoms with Gasteiger partial charge in [-0.05, 0) is 44.5 Å². The summed E-state index contributed by atoms with van der Waals surface area (Å²) >= 11 is 0. The van der Waals surface area contributed by atoms with Crippen LogP contribution in [-0.2, 0) is 21.2 Å². The summed E-state index contributed by atoms with van der Waals surface area (Å²) in [4.78, 5) is 11.8. The van der Waals surface area contributed by atoms with Crippen LogP contribution in [0.4, 0.5) is 34.6 Å². The van der Waals surface area contributed by atoms with Crippen molar-refractivity contribution < 1.29 is 17.9 Å². The van der Waals surface area contributed by atoms with Crippen LogP contribution in [0.1, 0.15) is 19.4 Å². The zero-order chi connectivity index (χ0) is 26.7. The van der Waals surface area contributed by atoms with Gasteiger partial charge in [0.2, 0.25) is 16.0 Å². The van der Waals surface area contributed by atoms with Crippen molar-refractivity contribution in [2.24, 2.45) is 0 Å². The summed E-state index contributed by atoms with van der Waals surface area (Å²) in [5.74, 6) is 2.27. The van der Waals surface area contributed by atoms with Crippen molar-refractivity contribution in [3.05, 3.63) is 48.0 Å². The van der Waals surface area contributed by atoms with E-state index in [2.05, 4.69) is 30.6 Å². The quantitative estimate of drug-likeness (QED) is 0.321. The zero-order valence-corrected chi connectivity index (χ0v) is 22.6. The van der Waals surface area contributed by atoms with E-state index in [1.54, 1.807) is 45.2 Å². The van der Waals surface area contributed by atoms with E-state index in [-0.39, 0.29) is 10.9 Å². The van der Waals surface area contributed by atoms with Crippen LogP contribution in [0.5, 0.6) is 5.75 Å². The van der Waals surface area contributed by atoms with Crippen molar-refractivity contribution in [3.8, 4) is 5.75 Å². The Morgan fingerprint density at radius 3 is 2.61 bits per heavy atom. The minimum atomic E-state index is -3.72. The number of anilines is 6. The topological polar surface area (TPSA) is 130 Å². The molecule has 0 aliphatic carbocycles. The molecule has 1 aromatic heterocycles. The van der Waals surface area contributed by atoms with Crippen molar-refractivity contribution in [2.45, 2.75) is 31.2 Å². The van der Waals surface area contributed by atoms with Gasteiger partial charge in [-0.25, -0.2) is 13.1 Å². The van der Waals surface area contributed by atoms with Crippen molar-refractivity contribution in [2.75, 3.05) is 60.8 Å². The Morgan fingerprint density at radius 1 is 1.05 bits per heavy atom. The number of sulfonamides is 1. The SMILES string of the molecule is COc1cc(N2CCOCC2)ccc1Nc1nc2c(c(Nc3ccccc3S(=O)(=O)NC(C)C)n1)CCN2. The molecule has 38 heavy (non-hydrogen) atoms. The molecule has 0 saturated carbocycles. The summed E-state index contributed by atoms with van der Waals surface area (Å²) < 4.78 is 39.7. The predicted octanol–water partition coefficient (Wildman–Crippen LogP) is 3.46. The molecule has 3 aromatic rings. The fourth-order valence-electron chi connectivity index (χ4n) is 4.56. The minimum absolute atomic E-state index is 0.155. The number of hydrogen-bond donors (Lipinski definition) is 4. The molecule has 1 fully saturated rings. The lowest BCUT2D eigenvalue weighted by molar-refractivity contribution is 0.122. The van der Waals surface area contributed by atoms with Crippen LogP contribution in [0.3, 0.4) is 0 Å². The Labute approximate surface area is 223 Å². The second kappa shape index (κ2) is 11.0.